The summed E-state index contributed by atoms with van der Waals surface area (Å²) in [5.74, 6) is -0.542. The number of benzene rings is 3. The summed E-state index contributed by atoms with van der Waals surface area (Å²) in [7, 11) is 0. The zero-order valence-corrected chi connectivity index (χ0v) is 18.8. The fraction of sp³-hybridized carbons (Fsp3) is 0.111. The molecule has 1 fully saturated rings. The van der Waals surface area contributed by atoms with Gasteiger partial charge in [0.25, 0.3) is 11.1 Å². The number of amides is 2. The lowest BCUT2D eigenvalue weighted by Gasteiger charge is -2.12. The van der Waals surface area contributed by atoms with Crippen molar-refractivity contribution in [2.75, 3.05) is 0 Å². The van der Waals surface area contributed by atoms with Gasteiger partial charge in [-0.3, -0.25) is 14.5 Å². The molecule has 0 unspecified atom stereocenters. The van der Waals surface area contributed by atoms with Crippen molar-refractivity contribution in [3.8, 4) is 0 Å². The molecule has 164 valence electrons. The number of halogens is 1. The van der Waals surface area contributed by atoms with Crippen LogP contribution in [0.5, 0.6) is 0 Å². The number of thioether (sulfide) groups is 1. The molecule has 2 heterocycles. The lowest BCUT2D eigenvalue weighted by Crippen LogP contribution is -2.27. The minimum absolute atomic E-state index is 0.259. The van der Waals surface area contributed by atoms with Gasteiger partial charge in [0.1, 0.15) is 5.82 Å². The number of imide groups is 1. The van der Waals surface area contributed by atoms with Crippen molar-refractivity contribution in [2.24, 2.45) is 0 Å². The van der Waals surface area contributed by atoms with Crippen molar-refractivity contribution >= 4 is 39.9 Å². The molecule has 1 aliphatic rings. The first-order chi connectivity index (χ1) is 16.0. The highest BCUT2D eigenvalue weighted by molar-refractivity contribution is 8.18. The second-order valence-electron chi connectivity index (χ2n) is 8.11. The van der Waals surface area contributed by atoms with Gasteiger partial charge in [-0.2, -0.15) is 0 Å². The Bertz CT molecular complexity index is 1390. The maximum absolute atomic E-state index is 13.3. The number of fused-ring (bicyclic) bond motifs is 1. The van der Waals surface area contributed by atoms with E-state index in [9.17, 15) is 14.0 Å². The van der Waals surface area contributed by atoms with Gasteiger partial charge in [0.05, 0.1) is 11.4 Å². The van der Waals surface area contributed by atoms with Crippen LogP contribution >= 0.6 is 11.8 Å². The monoisotopic (exact) mass is 456 g/mol. The molecule has 1 aliphatic heterocycles. The van der Waals surface area contributed by atoms with Crippen LogP contribution in [-0.2, 0) is 17.9 Å². The Balaban J connectivity index is 1.45. The first-order valence-electron chi connectivity index (χ1n) is 10.6. The highest BCUT2D eigenvalue weighted by Crippen LogP contribution is 2.35. The topological polar surface area (TPSA) is 42.3 Å². The lowest BCUT2D eigenvalue weighted by molar-refractivity contribution is -0.123. The summed E-state index contributed by atoms with van der Waals surface area (Å²) in [6, 6.07) is 22.2. The molecule has 1 saturated heterocycles. The van der Waals surface area contributed by atoms with E-state index in [2.05, 4.69) is 4.57 Å². The minimum atomic E-state index is -0.277. The number of hydrogen-bond donors (Lipinski definition) is 0. The Labute approximate surface area is 195 Å². The molecule has 1 aromatic heterocycles. The van der Waals surface area contributed by atoms with Crippen LogP contribution in [0.15, 0.2) is 83.9 Å². The quantitative estimate of drug-likeness (QED) is 0.328. The molecule has 4 aromatic rings. The minimum Gasteiger partial charge on any atom is -0.342 e. The van der Waals surface area contributed by atoms with E-state index in [4.69, 9.17) is 0 Å². The van der Waals surface area contributed by atoms with E-state index >= 15 is 0 Å². The van der Waals surface area contributed by atoms with Crippen LogP contribution in [0.25, 0.3) is 17.0 Å². The molecule has 6 heteroatoms. The standard InChI is InChI=1S/C27H21FN2O2S/c1-18-6-8-20(9-7-18)16-30-26(31)25(33-27(30)32)14-21-17-29(24-5-3-2-4-23(21)24)15-19-10-12-22(28)13-11-19/h2-14,17H,15-16H2,1H3/b25-14-. The van der Waals surface area contributed by atoms with Crippen molar-refractivity contribution in [1.82, 2.24) is 9.47 Å². The van der Waals surface area contributed by atoms with Gasteiger partial charge in [-0.15, -0.1) is 0 Å². The van der Waals surface area contributed by atoms with Crippen LogP contribution in [0.1, 0.15) is 22.3 Å². The molecule has 0 saturated carbocycles. The third kappa shape index (κ3) is 4.34. The summed E-state index contributed by atoms with van der Waals surface area (Å²) < 4.78 is 15.4. The van der Waals surface area contributed by atoms with Crippen LogP contribution in [0, 0.1) is 12.7 Å². The molecule has 4 nitrogen and oxygen atoms in total. The first-order valence-corrected chi connectivity index (χ1v) is 11.4. The number of carbonyl (C=O) groups excluding carboxylic acids is 2. The molecule has 2 amide bonds. The van der Waals surface area contributed by atoms with Crippen molar-refractivity contribution in [1.29, 1.82) is 0 Å². The fourth-order valence-corrected chi connectivity index (χ4v) is 4.79. The van der Waals surface area contributed by atoms with E-state index in [1.54, 1.807) is 18.2 Å². The molecular formula is C27H21FN2O2S. The van der Waals surface area contributed by atoms with Crippen molar-refractivity contribution < 1.29 is 14.0 Å². The van der Waals surface area contributed by atoms with Crippen LogP contribution < -0.4 is 0 Å². The van der Waals surface area contributed by atoms with E-state index in [1.165, 1.54) is 17.0 Å². The van der Waals surface area contributed by atoms with Gasteiger partial charge < -0.3 is 4.57 Å². The fourth-order valence-electron chi connectivity index (χ4n) is 3.96. The van der Waals surface area contributed by atoms with Gasteiger partial charge in [0.15, 0.2) is 0 Å². The van der Waals surface area contributed by atoms with E-state index in [0.29, 0.717) is 11.4 Å². The number of carbonyl (C=O) groups is 2. The highest BCUT2D eigenvalue weighted by Gasteiger charge is 2.35. The third-order valence-electron chi connectivity index (χ3n) is 5.71. The molecule has 5 rings (SSSR count). The zero-order chi connectivity index (χ0) is 22.9. The van der Waals surface area contributed by atoms with Gasteiger partial charge in [0, 0.05) is 29.2 Å². The Morgan fingerprint density at radius 3 is 2.30 bits per heavy atom. The largest absolute Gasteiger partial charge is 0.342 e. The van der Waals surface area contributed by atoms with Gasteiger partial charge >= 0.3 is 0 Å². The highest BCUT2D eigenvalue weighted by atomic mass is 32.2. The van der Waals surface area contributed by atoms with Crippen LogP contribution in [0.4, 0.5) is 9.18 Å². The third-order valence-corrected chi connectivity index (χ3v) is 6.61. The second-order valence-corrected chi connectivity index (χ2v) is 9.10. The van der Waals surface area contributed by atoms with Crippen molar-refractivity contribution in [3.63, 3.8) is 0 Å². The summed E-state index contributed by atoms with van der Waals surface area (Å²) in [5.41, 5.74) is 4.90. The van der Waals surface area contributed by atoms with Gasteiger partial charge in [-0.1, -0.05) is 60.2 Å². The zero-order valence-electron chi connectivity index (χ0n) is 18.0. The van der Waals surface area contributed by atoms with Crippen LogP contribution in [-0.4, -0.2) is 20.6 Å². The van der Waals surface area contributed by atoms with E-state index in [1.807, 2.05) is 61.7 Å². The maximum Gasteiger partial charge on any atom is 0.293 e. The van der Waals surface area contributed by atoms with E-state index in [0.717, 1.165) is 44.9 Å². The Morgan fingerprint density at radius 1 is 0.879 bits per heavy atom. The Kier molecular flexibility index (Phi) is 5.60. The lowest BCUT2D eigenvalue weighted by atomic mass is 10.1. The normalized spacial score (nSPS) is 15.2. The number of rotatable bonds is 5. The SMILES string of the molecule is Cc1ccc(CN2C(=O)S/C(=C\c3cn(Cc4ccc(F)cc4)c4ccccc34)C2=O)cc1. The smallest absolute Gasteiger partial charge is 0.293 e. The summed E-state index contributed by atoms with van der Waals surface area (Å²) in [4.78, 5) is 27.3. The Morgan fingerprint density at radius 2 is 1.55 bits per heavy atom. The number of hydrogen-bond acceptors (Lipinski definition) is 3. The van der Waals surface area contributed by atoms with Gasteiger partial charge in [-0.25, -0.2) is 4.39 Å². The second kappa shape index (κ2) is 8.71. The average Bonchev–Trinajstić information content (AvgIpc) is 3.29. The molecule has 0 atom stereocenters. The van der Waals surface area contributed by atoms with Gasteiger partial charge in [0.2, 0.25) is 0 Å². The molecule has 0 N–H and O–H groups in total. The van der Waals surface area contributed by atoms with Crippen LogP contribution in [0.2, 0.25) is 0 Å². The van der Waals surface area contributed by atoms with E-state index < -0.39 is 0 Å². The van der Waals surface area contributed by atoms with Crippen molar-refractivity contribution in [2.45, 2.75) is 20.0 Å². The first kappa shape index (κ1) is 21.2. The van der Waals surface area contributed by atoms with Crippen molar-refractivity contribution in [3.05, 3.63) is 112 Å². The molecule has 0 spiro atoms. The molecule has 0 bridgehead atoms. The van der Waals surface area contributed by atoms with Gasteiger partial charge in [-0.05, 0) is 54.1 Å². The Hall–Kier alpha value is -3.64. The molecule has 0 radical (unpaired) electrons. The maximum atomic E-state index is 13.3. The van der Waals surface area contributed by atoms with E-state index in [-0.39, 0.29) is 23.5 Å². The average molecular weight is 457 g/mol. The molecular weight excluding hydrogens is 435 g/mol. The number of para-hydroxylation sites is 1. The summed E-state index contributed by atoms with van der Waals surface area (Å²) >= 11 is 0.970. The number of nitrogens with zero attached hydrogens (tertiary/aromatic N) is 2. The summed E-state index contributed by atoms with van der Waals surface area (Å²) in [6.07, 6.45) is 3.77. The van der Waals surface area contributed by atoms with Crippen LogP contribution in [0.3, 0.4) is 0 Å². The number of aromatic nitrogens is 1. The summed E-state index contributed by atoms with van der Waals surface area (Å²) in [6.45, 7) is 2.83. The predicted molar refractivity (Wildman–Crippen MR) is 130 cm³/mol. The predicted octanol–water partition coefficient (Wildman–Crippen LogP) is 6.37. The molecule has 0 aliphatic carbocycles. The summed E-state index contributed by atoms with van der Waals surface area (Å²) in [5, 5.41) is 0.729. The number of aryl methyl sites for hydroxylation is 1. The molecule has 3 aromatic carbocycles. The molecule has 33 heavy (non-hydrogen) atoms.